The molecule has 102 valence electrons. The molecule has 2 aromatic rings. The summed E-state index contributed by atoms with van der Waals surface area (Å²) in [6, 6.07) is 13.6. The number of nitrogens with zero attached hydrogens (tertiary/aromatic N) is 1. The Morgan fingerprint density at radius 1 is 1.00 bits per heavy atom. The van der Waals surface area contributed by atoms with E-state index < -0.39 is 5.97 Å². The van der Waals surface area contributed by atoms with Crippen LogP contribution in [0.25, 0.3) is 0 Å². The van der Waals surface area contributed by atoms with Gasteiger partial charge in [-0.2, -0.15) is 0 Å². The molecule has 4 nitrogen and oxygen atoms in total. The largest absolute Gasteiger partial charge is 0.380 e. The Kier molecular flexibility index (Phi) is 4.61. The standard InChI is InChI=1S/C14H10Cl2N2O2/c15-10-7-4-8-11(16)12(10)14(19)20-18-13(17)9-5-2-1-3-6-9/h1-8H,(H2,17,18). The van der Waals surface area contributed by atoms with Gasteiger partial charge >= 0.3 is 5.97 Å². The molecular formula is C14H10Cl2N2O2. The average molecular weight is 309 g/mol. The Balaban J connectivity index is 2.17. The van der Waals surface area contributed by atoms with Gasteiger partial charge in [0.2, 0.25) is 0 Å². The summed E-state index contributed by atoms with van der Waals surface area (Å²) in [7, 11) is 0. The first-order valence-electron chi connectivity index (χ1n) is 5.64. The average Bonchev–Trinajstić information content (AvgIpc) is 2.45. The summed E-state index contributed by atoms with van der Waals surface area (Å²) in [5.74, 6) is -0.679. The first-order valence-corrected chi connectivity index (χ1v) is 6.39. The molecule has 0 aliphatic carbocycles. The molecular weight excluding hydrogens is 299 g/mol. The molecule has 0 amide bonds. The van der Waals surface area contributed by atoms with Crippen LogP contribution in [0.2, 0.25) is 10.0 Å². The van der Waals surface area contributed by atoms with Crippen LogP contribution in [0.3, 0.4) is 0 Å². The van der Waals surface area contributed by atoms with Crippen molar-refractivity contribution in [3.63, 3.8) is 0 Å². The summed E-state index contributed by atoms with van der Waals surface area (Å²) >= 11 is 11.8. The number of oxime groups is 1. The number of halogens is 2. The summed E-state index contributed by atoms with van der Waals surface area (Å²) < 4.78 is 0. The van der Waals surface area contributed by atoms with Crippen LogP contribution in [-0.4, -0.2) is 11.8 Å². The van der Waals surface area contributed by atoms with E-state index in [0.29, 0.717) is 5.56 Å². The van der Waals surface area contributed by atoms with Gasteiger partial charge in [0.25, 0.3) is 0 Å². The van der Waals surface area contributed by atoms with Crippen molar-refractivity contribution in [1.82, 2.24) is 0 Å². The number of rotatable bonds is 3. The van der Waals surface area contributed by atoms with Gasteiger partial charge in [0.1, 0.15) is 0 Å². The highest BCUT2D eigenvalue weighted by atomic mass is 35.5. The Hall–Kier alpha value is -2.04. The van der Waals surface area contributed by atoms with Gasteiger partial charge in [0.15, 0.2) is 5.84 Å². The predicted octanol–water partition coefficient (Wildman–Crippen LogP) is 3.47. The molecule has 0 spiro atoms. The van der Waals surface area contributed by atoms with Gasteiger partial charge in [-0.15, -0.1) is 0 Å². The van der Waals surface area contributed by atoms with Crippen molar-refractivity contribution in [1.29, 1.82) is 0 Å². The van der Waals surface area contributed by atoms with Crippen LogP contribution in [0.15, 0.2) is 53.7 Å². The molecule has 2 N–H and O–H groups in total. The van der Waals surface area contributed by atoms with Gasteiger partial charge in [-0.3, -0.25) is 0 Å². The van der Waals surface area contributed by atoms with Crippen LogP contribution in [0.5, 0.6) is 0 Å². The molecule has 0 radical (unpaired) electrons. The van der Waals surface area contributed by atoms with E-state index in [2.05, 4.69) is 5.16 Å². The highest BCUT2D eigenvalue weighted by molar-refractivity contribution is 6.39. The van der Waals surface area contributed by atoms with E-state index in [-0.39, 0.29) is 21.4 Å². The molecule has 0 saturated heterocycles. The lowest BCUT2D eigenvalue weighted by Crippen LogP contribution is -2.15. The van der Waals surface area contributed by atoms with Gasteiger partial charge in [0, 0.05) is 5.56 Å². The molecule has 0 aromatic heterocycles. The van der Waals surface area contributed by atoms with Crippen molar-refractivity contribution in [3.05, 3.63) is 69.7 Å². The predicted molar refractivity (Wildman–Crippen MR) is 79.0 cm³/mol. The molecule has 0 unspecified atom stereocenters. The maximum Gasteiger partial charge on any atom is 0.368 e. The minimum absolute atomic E-state index is 0.0560. The molecule has 6 heteroatoms. The second-order valence-electron chi connectivity index (χ2n) is 3.82. The van der Waals surface area contributed by atoms with E-state index in [0.717, 1.165) is 0 Å². The molecule has 0 aliphatic rings. The Bertz CT molecular complexity index is 637. The lowest BCUT2D eigenvalue weighted by atomic mass is 10.2. The molecule has 0 fully saturated rings. The molecule has 20 heavy (non-hydrogen) atoms. The lowest BCUT2D eigenvalue weighted by molar-refractivity contribution is 0.0516. The van der Waals surface area contributed by atoms with E-state index in [9.17, 15) is 4.79 Å². The third kappa shape index (κ3) is 3.29. The van der Waals surface area contributed by atoms with Gasteiger partial charge in [0.05, 0.1) is 15.6 Å². The summed E-state index contributed by atoms with van der Waals surface area (Å²) in [4.78, 5) is 16.6. The van der Waals surface area contributed by atoms with Crippen LogP contribution in [-0.2, 0) is 4.84 Å². The van der Waals surface area contributed by atoms with Crippen molar-refractivity contribution in [2.75, 3.05) is 0 Å². The Morgan fingerprint density at radius 3 is 2.20 bits per heavy atom. The van der Waals surface area contributed by atoms with Gasteiger partial charge < -0.3 is 10.6 Å². The quantitative estimate of drug-likeness (QED) is 0.408. The fourth-order valence-corrected chi connectivity index (χ4v) is 2.04. The molecule has 2 rings (SSSR count). The monoisotopic (exact) mass is 308 g/mol. The van der Waals surface area contributed by atoms with Gasteiger partial charge in [-0.05, 0) is 12.1 Å². The summed E-state index contributed by atoms with van der Waals surface area (Å²) in [5, 5.41) is 3.96. The van der Waals surface area contributed by atoms with Crippen LogP contribution in [0.1, 0.15) is 15.9 Å². The van der Waals surface area contributed by atoms with E-state index >= 15 is 0 Å². The smallest absolute Gasteiger partial charge is 0.368 e. The molecule has 0 atom stereocenters. The molecule has 0 saturated carbocycles. The van der Waals surface area contributed by atoms with Crippen LogP contribution in [0, 0.1) is 0 Å². The first-order chi connectivity index (χ1) is 9.59. The number of amidine groups is 1. The van der Waals surface area contributed by atoms with Crippen molar-refractivity contribution < 1.29 is 9.63 Å². The minimum Gasteiger partial charge on any atom is -0.380 e. The topological polar surface area (TPSA) is 64.7 Å². The van der Waals surface area contributed by atoms with Gasteiger partial charge in [-0.1, -0.05) is 64.8 Å². The summed E-state index contributed by atoms with van der Waals surface area (Å²) in [6.07, 6.45) is 0. The number of benzene rings is 2. The first kappa shape index (κ1) is 14.4. The highest BCUT2D eigenvalue weighted by Gasteiger charge is 2.16. The van der Waals surface area contributed by atoms with Crippen molar-refractivity contribution in [2.24, 2.45) is 10.9 Å². The SMILES string of the molecule is N/C(=N\OC(=O)c1c(Cl)cccc1Cl)c1ccccc1. The summed E-state index contributed by atoms with van der Waals surface area (Å²) in [6.45, 7) is 0. The zero-order valence-electron chi connectivity index (χ0n) is 10.2. The maximum atomic E-state index is 11.9. The van der Waals surface area contributed by atoms with E-state index in [4.69, 9.17) is 33.8 Å². The van der Waals surface area contributed by atoms with Gasteiger partial charge in [-0.25, -0.2) is 4.79 Å². The van der Waals surface area contributed by atoms with Crippen LogP contribution >= 0.6 is 23.2 Å². The fourth-order valence-electron chi connectivity index (χ4n) is 1.49. The number of nitrogens with two attached hydrogens (primary N) is 1. The molecule has 2 aromatic carbocycles. The van der Waals surface area contributed by atoms with Crippen molar-refractivity contribution >= 4 is 35.0 Å². The lowest BCUT2D eigenvalue weighted by Gasteiger charge is -2.04. The number of hydrogen-bond acceptors (Lipinski definition) is 3. The third-order valence-electron chi connectivity index (χ3n) is 2.46. The zero-order valence-corrected chi connectivity index (χ0v) is 11.7. The van der Waals surface area contributed by atoms with Crippen LogP contribution in [0.4, 0.5) is 0 Å². The zero-order chi connectivity index (χ0) is 14.5. The third-order valence-corrected chi connectivity index (χ3v) is 3.09. The van der Waals surface area contributed by atoms with Crippen molar-refractivity contribution in [2.45, 2.75) is 0 Å². The van der Waals surface area contributed by atoms with E-state index in [1.165, 1.54) is 12.1 Å². The van der Waals surface area contributed by atoms with Crippen LogP contribution < -0.4 is 5.73 Å². The number of carbonyl (C=O) groups excluding carboxylic acids is 1. The number of hydrogen-bond donors (Lipinski definition) is 1. The van der Waals surface area contributed by atoms with Crippen molar-refractivity contribution in [3.8, 4) is 0 Å². The van der Waals surface area contributed by atoms with E-state index in [1.54, 1.807) is 30.3 Å². The molecule has 0 heterocycles. The second kappa shape index (κ2) is 6.41. The minimum atomic E-state index is -0.764. The number of carbonyl (C=O) groups is 1. The fraction of sp³-hybridized carbons (Fsp3) is 0. The normalized spacial score (nSPS) is 11.2. The van der Waals surface area contributed by atoms with E-state index in [1.807, 2.05) is 6.07 Å². The highest BCUT2D eigenvalue weighted by Crippen LogP contribution is 2.24. The Morgan fingerprint density at radius 2 is 1.60 bits per heavy atom. The maximum absolute atomic E-state index is 11.9. The summed E-state index contributed by atoms with van der Waals surface area (Å²) in [5.41, 5.74) is 6.40. The second-order valence-corrected chi connectivity index (χ2v) is 4.63. The Labute approximate surface area is 125 Å². The molecule has 0 aliphatic heterocycles. The molecule has 0 bridgehead atoms.